The van der Waals surface area contributed by atoms with Gasteiger partial charge in [-0.05, 0) is 75.2 Å². The van der Waals surface area contributed by atoms with Gasteiger partial charge < -0.3 is 15.0 Å². The van der Waals surface area contributed by atoms with Crippen LogP contribution in [0.3, 0.4) is 0 Å². The maximum Gasteiger partial charge on any atom is 0.416 e. The summed E-state index contributed by atoms with van der Waals surface area (Å²) in [7, 11) is 0. The molecule has 1 amide bonds. The molecule has 0 spiro atoms. The average molecular weight is 615 g/mol. The van der Waals surface area contributed by atoms with Gasteiger partial charge in [-0.15, -0.1) is 0 Å². The van der Waals surface area contributed by atoms with Crippen LogP contribution in [0.15, 0.2) is 60.9 Å². The average Bonchev–Trinajstić information content (AvgIpc) is 2.91. The van der Waals surface area contributed by atoms with Crippen LogP contribution in [0.2, 0.25) is 15.1 Å². The molecule has 1 N–H and O–H groups in total. The number of nitrogens with zero attached hydrogens (tertiary/aromatic N) is 2. The van der Waals surface area contributed by atoms with Crippen LogP contribution < -0.4 is 10.1 Å². The second-order valence-corrected chi connectivity index (χ2v) is 11.1. The maximum absolute atomic E-state index is 13.2. The number of alkyl halides is 3. The Kier molecular flexibility index (Phi) is 10.2. The molecular weight excluding hydrogens is 586 g/mol. The van der Waals surface area contributed by atoms with Crippen LogP contribution in [-0.4, -0.2) is 41.5 Å². The van der Waals surface area contributed by atoms with E-state index in [1.54, 1.807) is 24.3 Å². The van der Waals surface area contributed by atoms with Crippen LogP contribution >= 0.6 is 34.8 Å². The Balaban J connectivity index is 1.37. The third-order valence-electron chi connectivity index (χ3n) is 7.18. The van der Waals surface area contributed by atoms with Crippen molar-refractivity contribution in [2.24, 2.45) is 5.92 Å². The maximum atomic E-state index is 13.2. The van der Waals surface area contributed by atoms with Gasteiger partial charge in [-0.3, -0.25) is 9.78 Å². The van der Waals surface area contributed by atoms with E-state index in [0.29, 0.717) is 22.9 Å². The molecule has 0 radical (unpaired) electrons. The fraction of sp³-hybridized carbons (Fsp3) is 0.379. The van der Waals surface area contributed by atoms with Gasteiger partial charge in [0.2, 0.25) is 0 Å². The second-order valence-electron chi connectivity index (χ2n) is 9.86. The number of rotatable bonds is 9. The van der Waals surface area contributed by atoms with E-state index in [0.717, 1.165) is 44.5 Å². The van der Waals surface area contributed by atoms with Gasteiger partial charge in [0, 0.05) is 35.9 Å². The number of ether oxygens (including phenoxy) is 1. The molecule has 1 aromatic heterocycles. The van der Waals surface area contributed by atoms with Crippen molar-refractivity contribution < 1.29 is 22.7 Å². The largest absolute Gasteiger partial charge is 0.485 e. The molecule has 1 fully saturated rings. The smallest absolute Gasteiger partial charge is 0.416 e. The quantitative estimate of drug-likeness (QED) is 0.265. The number of aromatic nitrogens is 1. The summed E-state index contributed by atoms with van der Waals surface area (Å²) in [5.74, 6) is 0.314. The molecular formula is C29H29Cl3F3N3O2. The zero-order valence-electron chi connectivity index (χ0n) is 21.7. The molecule has 40 heavy (non-hydrogen) atoms. The second kappa shape index (κ2) is 13.4. The molecule has 0 saturated carbocycles. The third-order valence-corrected chi connectivity index (χ3v) is 7.99. The minimum Gasteiger partial charge on any atom is -0.485 e. The highest BCUT2D eigenvalue weighted by Crippen LogP contribution is 2.37. The number of nitrogens with one attached hydrogen (secondary N) is 1. The Morgan fingerprint density at radius 1 is 1.07 bits per heavy atom. The predicted octanol–water partition coefficient (Wildman–Crippen LogP) is 8.10. The molecule has 4 rings (SSSR count). The van der Waals surface area contributed by atoms with E-state index in [1.165, 1.54) is 24.5 Å². The van der Waals surface area contributed by atoms with Crippen LogP contribution in [0.1, 0.15) is 53.8 Å². The molecule has 0 aliphatic carbocycles. The molecule has 2 atom stereocenters. The van der Waals surface area contributed by atoms with E-state index in [9.17, 15) is 18.0 Å². The van der Waals surface area contributed by atoms with E-state index >= 15 is 0 Å². The molecule has 0 bridgehead atoms. The number of hydrogen-bond donors (Lipinski definition) is 1. The summed E-state index contributed by atoms with van der Waals surface area (Å²) in [6.07, 6.45) is 0.243. The SMILES string of the molecule is CC(CCNC(=O)c1c(Cl)cncc1Cl)N1CCC(C(Oc2cccc(Cl)c2)c2ccc(C(F)(F)F)cc2)CC1. The van der Waals surface area contributed by atoms with Crippen molar-refractivity contribution in [3.05, 3.63) is 92.7 Å². The van der Waals surface area contributed by atoms with Crippen molar-refractivity contribution in [3.8, 4) is 5.75 Å². The number of piperidine rings is 1. The van der Waals surface area contributed by atoms with Crippen LogP contribution in [0.5, 0.6) is 5.75 Å². The lowest BCUT2D eigenvalue weighted by molar-refractivity contribution is -0.137. The molecule has 1 aliphatic heterocycles. The number of likely N-dealkylation sites (tertiary alicyclic amines) is 1. The fourth-order valence-corrected chi connectivity index (χ4v) is 5.66. The number of amides is 1. The zero-order valence-corrected chi connectivity index (χ0v) is 24.0. The summed E-state index contributed by atoms with van der Waals surface area (Å²) in [4.78, 5) is 18.7. The van der Waals surface area contributed by atoms with Crippen LogP contribution in [0.4, 0.5) is 13.2 Å². The molecule has 11 heteroatoms. The lowest BCUT2D eigenvalue weighted by atomic mass is 9.86. The number of carbonyl (C=O) groups is 1. The van der Waals surface area contributed by atoms with Gasteiger partial charge in [-0.2, -0.15) is 13.2 Å². The molecule has 1 saturated heterocycles. The molecule has 1 aliphatic rings. The minimum atomic E-state index is -4.40. The summed E-state index contributed by atoms with van der Waals surface area (Å²) in [5.41, 5.74) is 0.207. The highest BCUT2D eigenvalue weighted by Gasteiger charge is 2.33. The topological polar surface area (TPSA) is 54.5 Å². The number of carbonyl (C=O) groups excluding carboxylic acids is 1. The number of benzene rings is 2. The summed E-state index contributed by atoms with van der Waals surface area (Å²) in [5, 5.41) is 3.79. The summed E-state index contributed by atoms with van der Waals surface area (Å²) < 4.78 is 45.8. The first kappa shape index (κ1) is 30.4. The van der Waals surface area contributed by atoms with Crippen LogP contribution in [0, 0.1) is 5.92 Å². The van der Waals surface area contributed by atoms with Crippen molar-refractivity contribution >= 4 is 40.7 Å². The Bertz CT molecular complexity index is 1280. The summed E-state index contributed by atoms with van der Waals surface area (Å²) in [6, 6.07) is 12.4. The van der Waals surface area contributed by atoms with Crippen molar-refractivity contribution in [2.45, 2.75) is 44.5 Å². The van der Waals surface area contributed by atoms with E-state index in [2.05, 4.69) is 22.1 Å². The monoisotopic (exact) mass is 613 g/mol. The first-order valence-corrected chi connectivity index (χ1v) is 14.1. The van der Waals surface area contributed by atoms with E-state index < -0.39 is 17.8 Å². The lowest BCUT2D eigenvalue weighted by Gasteiger charge is -2.39. The van der Waals surface area contributed by atoms with Crippen LogP contribution in [-0.2, 0) is 6.18 Å². The molecule has 214 valence electrons. The molecule has 3 aromatic rings. The number of pyridine rings is 1. The Labute approximate surface area is 246 Å². The Hall–Kier alpha value is -2.52. The van der Waals surface area contributed by atoms with E-state index in [1.807, 2.05) is 0 Å². The Morgan fingerprint density at radius 3 is 2.33 bits per heavy atom. The van der Waals surface area contributed by atoms with Crippen molar-refractivity contribution in [3.63, 3.8) is 0 Å². The van der Waals surface area contributed by atoms with Crippen molar-refractivity contribution in [1.82, 2.24) is 15.2 Å². The van der Waals surface area contributed by atoms with E-state index in [4.69, 9.17) is 39.5 Å². The zero-order chi connectivity index (χ0) is 28.9. The number of halogens is 6. The van der Waals surface area contributed by atoms with Crippen LogP contribution in [0.25, 0.3) is 0 Å². The molecule has 2 aromatic carbocycles. The Morgan fingerprint density at radius 2 is 1.73 bits per heavy atom. The molecule has 2 unspecified atom stereocenters. The molecule has 2 heterocycles. The first-order chi connectivity index (χ1) is 19.0. The standard InChI is InChI=1S/C29H29Cl3F3N3O2/c1-18(9-12-37-28(39)26-24(31)16-36-17-25(26)32)38-13-10-20(11-14-38)27(40-23-4-2-3-22(30)15-23)19-5-7-21(8-6-19)29(33,34)35/h2-8,15-18,20,27H,9-14H2,1H3,(H,37,39). The third kappa shape index (κ3) is 7.81. The highest BCUT2D eigenvalue weighted by molar-refractivity contribution is 6.39. The van der Waals surface area contributed by atoms with Gasteiger partial charge in [-0.25, -0.2) is 0 Å². The number of hydrogen-bond acceptors (Lipinski definition) is 4. The summed E-state index contributed by atoms with van der Waals surface area (Å²) >= 11 is 18.3. The van der Waals surface area contributed by atoms with E-state index in [-0.39, 0.29) is 33.5 Å². The highest BCUT2D eigenvalue weighted by atomic mass is 35.5. The predicted molar refractivity (Wildman–Crippen MR) is 151 cm³/mol. The lowest BCUT2D eigenvalue weighted by Crippen LogP contribution is -2.43. The van der Waals surface area contributed by atoms with Gasteiger partial charge in [-0.1, -0.05) is 53.0 Å². The normalized spacial score (nSPS) is 16.4. The van der Waals surface area contributed by atoms with Gasteiger partial charge in [0.15, 0.2) is 0 Å². The van der Waals surface area contributed by atoms with Gasteiger partial charge in [0.05, 0.1) is 21.2 Å². The van der Waals surface area contributed by atoms with Gasteiger partial charge in [0.25, 0.3) is 5.91 Å². The summed E-state index contributed by atoms with van der Waals surface area (Å²) in [6.45, 7) is 4.13. The fourth-order valence-electron chi connectivity index (χ4n) is 4.94. The molecule has 5 nitrogen and oxygen atoms in total. The minimum absolute atomic E-state index is 0.0924. The van der Waals surface area contributed by atoms with Crippen molar-refractivity contribution in [2.75, 3.05) is 19.6 Å². The first-order valence-electron chi connectivity index (χ1n) is 12.9. The van der Waals surface area contributed by atoms with Gasteiger partial charge in [0.1, 0.15) is 11.9 Å². The van der Waals surface area contributed by atoms with Gasteiger partial charge >= 0.3 is 6.18 Å². The van der Waals surface area contributed by atoms with Crippen molar-refractivity contribution in [1.29, 1.82) is 0 Å².